The van der Waals surface area contributed by atoms with Crippen molar-refractivity contribution in [2.75, 3.05) is 32.8 Å². The van der Waals surface area contributed by atoms with Crippen LogP contribution in [0.1, 0.15) is 17.3 Å². The van der Waals surface area contributed by atoms with Gasteiger partial charge in [0.15, 0.2) is 29.7 Å². The summed E-state index contributed by atoms with van der Waals surface area (Å²) in [5.41, 5.74) is 0.319. The predicted molar refractivity (Wildman–Crippen MR) is 98.2 cm³/mol. The third-order valence-electron chi connectivity index (χ3n) is 3.58. The molecule has 0 unspecified atom stereocenters. The van der Waals surface area contributed by atoms with Gasteiger partial charge in [-0.3, -0.25) is 4.79 Å². The van der Waals surface area contributed by atoms with Crippen molar-refractivity contribution in [3.63, 3.8) is 0 Å². The van der Waals surface area contributed by atoms with Crippen molar-refractivity contribution in [2.24, 2.45) is 0 Å². The number of hydrogen-bond acceptors (Lipinski definition) is 6. The second-order valence-corrected chi connectivity index (χ2v) is 5.42. The van der Waals surface area contributed by atoms with Gasteiger partial charge in [0.2, 0.25) is 0 Å². The minimum Gasteiger partial charge on any atom is -0.494 e. The average Bonchev–Trinajstić information content (AvgIpc) is 2.67. The van der Waals surface area contributed by atoms with E-state index in [9.17, 15) is 14.0 Å². The summed E-state index contributed by atoms with van der Waals surface area (Å²) < 4.78 is 34.6. The lowest BCUT2D eigenvalue weighted by atomic mass is 10.1. The summed E-state index contributed by atoms with van der Waals surface area (Å²) in [6.45, 7) is 1.47. The molecule has 0 heterocycles. The first-order chi connectivity index (χ1) is 13.4. The van der Waals surface area contributed by atoms with Crippen LogP contribution in [-0.4, -0.2) is 44.4 Å². The lowest BCUT2D eigenvalue weighted by Gasteiger charge is -2.14. The number of carboxylic acids is 1. The number of amides is 1. The molecule has 0 aliphatic carbocycles. The number of benzene rings is 2. The van der Waals surface area contributed by atoms with Gasteiger partial charge >= 0.3 is 5.97 Å². The van der Waals surface area contributed by atoms with E-state index in [0.717, 1.165) is 6.07 Å². The molecule has 150 valence electrons. The third-order valence-corrected chi connectivity index (χ3v) is 3.58. The number of carboxylic acid groups (broad SMARTS) is 1. The first kappa shape index (κ1) is 20.8. The topological polar surface area (TPSA) is 103 Å². The Balaban J connectivity index is 2.28. The van der Waals surface area contributed by atoms with Crippen LogP contribution in [-0.2, 0) is 4.79 Å². The number of carbonyl (C=O) groups is 2. The van der Waals surface area contributed by atoms with Crippen LogP contribution in [0.4, 0.5) is 10.1 Å². The highest BCUT2D eigenvalue weighted by Crippen LogP contribution is 2.33. The summed E-state index contributed by atoms with van der Waals surface area (Å²) in [5.74, 6) is -1.75. The van der Waals surface area contributed by atoms with Gasteiger partial charge in [0, 0.05) is 17.7 Å². The Hall–Kier alpha value is -3.49. The van der Waals surface area contributed by atoms with Crippen LogP contribution >= 0.6 is 0 Å². The fourth-order valence-electron chi connectivity index (χ4n) is 2.33. The van der Waals surface area contributed by atoms with Gasteiger partial charge < -0.3 is 29.4 Å². The number of halogens is 1. The van der Waals surface area contributed by atoms with Crippen LogP contribution in [0.5, 0.6) is 23.0 Å². The monoisotopic (exact) mass is 393 g/mol. The molecular formula is C19H20FNO7. The molecule has 0 radical (unpaired) electrons. The molecule has 9 heteroatoms. The van der Waals surface area contributed by atoms with E-state index >= 15 is 0 Å². The third kappa shape index (κ3) is 5.03. The van der Waals surface area contributed by atoms with Gasteiger partial charge in [-0.15, -0.1) is 0 Å². The summed E-state index contributed by atoms with van der Waals surface area (Å²) in [7, 11) is 2.70. The lowest BCUT2D eigenvalue weighted by molar-refractivity contribution is -0.139. The van der Waals surface area contributed by atoms with E-state index in [1.54, 1.807) is 6.92 Å². The number of rotatable bonds is 9. The molecule has 2 N–H and O–H groups in total. The molecule has 0 spiro atoms. The molecule has 1 amide bonds. The molecule has 0 aromatic heterocycles. The van der Waals surface area contributed by atoms with E-state index in [2.05, 4.69) is 5.32 Å². The van der Waals surface area contributed by atoms with Crippen LogP contribution in [0, 0.1) is 5.82 Å². The Morgan fingerprint density at radius 2 is 1.71 bits per heavy atom. The second-order valence-electron chi connectivity index (χ2n) is 5.42. The van der Waals surface area contributed by atoms with E-state index in [1.807, 2.05) is 0 Å². The zero-order valence-electron chi connectivity index (χ0n) is 15.6. The van der Waals surface area contributed by atoms with Gasteiger partial charge in [-0.25, -0.2) is 9.18 Å². The van der Waals surface area contributed by atoms with E-state index in [1.165, 1.54) is 38.5 Å². The van der Waals surface area contributed by atoms with Gasteiger partial charge in [0.25, 0.3) is 5.91 Å². The number of methoxy groups -OCH3 is 2. The lowest BCUT2D eigenvalue weighted by Crippen LogP contribution is -2.14. The van der Waals surface area contributed by atoms with Crippen molar-refractivity contribution in [3.8, 4) is 23.0 Å². The van der Waals surface area contributed by atoms with Gasteiger partial charge in [0.1, 0.15) is 5.75 Å². The molecule has 0 fully saturated rings. The van der Waals surface area contributed by atoms with E-state index < -0.39 is 24.3 Å². The van der Waals surface area contributed by atoms with E-state index in [4.69, 9.17) is 24.1 Å². The van der Waals surface area contributed by atoms with Crippen molar-refractivity contribution >= 4 is 17.6 Å². The van der Waals surface area contributed by atoms with Crippen molar-refractivity contribution in [3.05, 3.63) is 41.7 Å². The molecule has 2 aromatic carbocycles. The molecule has 0 aliphatic heterocycles. The standard InChI is InChI=1S/C19H20FNO7/c1-4-27-17-7-11(5-6-14(17)28-10-18(22)23)19(24)21-13-8-12(20)15(25-2)9-16(13)26-3/h5-9H,4,10H2,1-3H3,(H,21,24)(H,22,23). The first-order valence-corrected chi connectivity index (χ1v) is 8.23. The van der Waals surface area contributed by atoms with Crippen LogP contribution in [0.25, 0.3) is 0 Å². The smallest absolute Gasteiger partial charge is 0.341 e. The van der Waals surface area contributed by atoms with Crippen LogP contribution < -0.4 is 24.3 Å². The highest BCUT2D eigenvalue weighted by Gasteiger charge is 2.17. The minimum atomic E-state index is -1.14. The van der Waals surface area contributed by atoms with Crippen molar-refractivity contribution < 1.29 is 38.0 Å². The molecule has 0 saturated heterocycles. The summed E-state index contributed by atoms with van der Waals surface area (Å²) >= 11 is 0. The zero-order chi connectivity index (χ0) is 20.7. The number of carbonyl (C=O) groups excluding carboxylic acids is 1. The Morgan fingerprint density at radius 1 is 1.00 bits per heavy atom. The van der Waals surface area contributed by atoms with Gasteiger partial charge in [0.05, 0.1) is 26.5 Å². The molecule has 2 rings (SSSR count). The summed E-state index contributed by atoms with van der Waals surface area (Å²) in [6, 6.07) is 6.67. The van der Waals surface area contributed by atoms with Crippen molar-refractivity contribution in [1.29, 1.82) is 0 Å². The molecular weight excluding hydrogens is 373 g/mol. The fraction of sp³-hybridized carbons (Fsp3) is 0.263. The molecule has 0 aliphatic rings. The van der Waals surface area contributed by atoms with Crippen molar-refractivity contribution in [1.82, 2.24) is 0 Å². The zero-order valence-corrected chi connectivity index (χ0v) is 15.6. The maximum atomic E-state index is 14.0. The van der Waals surface area contributed by atoms with Crippen LogP contribution in [0.15, 0.2) is 30.3 Å². The van der Waals surface area contributed by atoms with Crippen LogP contribution in [0.2, 0.25) is 0 Å². The summed E-state index contributed by atoms with van der Waals surface area (Å²) in [5, 5.41) is 11.3. The largest absolute Gasteiger partial charge is 0.494 e. The molecule has 28 heavy (non-hydrogen) atoms. The number of hydrogen-bond donors (Lipinski definition) is 2. The van der Waals surface area contributed by atoms with Gasteiger partial charge in [-0.2, -0.15) is 0 Å². The van der Waals surface area contributed by atoms with Gasteiger partial charge in [-0.1, -0.05) is 0 Å². The van der Waals surface area contributed by atoms with Crippen molar-refractivity contribution in [2.45, 2.75) is 6.92 Å². The molecule has 0 atom stereocenters. The molecule has 2 aromatic rings. The normalized spacial score (nSPS) is 10.1. The summed E-state index contributed by atoms with van der Waals surface area (Å²) in [6.07, 6.45) is 0. The minimum absolute atomic E-state index is 0.0200. The highest BCUT2D eigenvalue weighted by atomic mass is 19.1. The second kappa shape index (κ2) is 9.45. The first-order valence-electron chi connectivity index (χ1n) is 8.23. The molecule has 0 bridgehead atoms. The number of anilines is 1. The quantitative estimate of drug-likeness (QED) is 0.675. The Morgan fingerprint density at radius 3 is 2.32 bits per heavy atom. The average molecular weight is 393 g/mol. The molecule has 8 nitrogen and oxygen atoms in total. The SMILES string of the molecule is CCOc1cc(C(=O)Nc2cc(F)c(OC)cc2OC)ccc1OCC(=O)O. The fourth-order valence-corrected chi connectivity index (χ4v) is 2.33. The van der Waals surface area contributed by atoms with Crippen LogP contribution in [0.3, 0.4) is 0 Å². The number of aliphatic carboxylic acids is 1. The van der Waals surface area contributed by atoms with E-state index in [-0.39, 0.29) is 40.9 Å². The number of nitrogens with one attached hydrogen (secondary N) is 1. The summed E-state index contributed by atoms with van der Waals surface area (Å²) in [4.78, 5) is 23.2. The Labute approximate surface area is 160 Å². The van der Waals surface area contributed by atoms with Gasteiger partial charge in [-0.05, 0) is 25.1 Å². The van der Waals surface area contributed by atoms with E-state index in [0.29, 0.717) is 0 Å². The predicted octanol–water partition coefficient (Wildman–Crippen LogP) is 2.96. The Bertz CT molecular complexity index is 870. The maximum absolute atomic E-state index is 14.0. The number of ether oxygens (including phenoxy) is 4. The highest BCUT2D eigenvalue weighted by molar-refractivity contribution is 6.05. The maximum Gasteiger partial charge on any atom is 0.341 e. The molecule has 0 saturated carbocycles. The Kier molecular flexibility index (Phi) is 7.02.